The van der Waals surface area contributed by atoms with Gasteiger partial charge >= 0.3 is 0 Å². The zero-order valence-electron chi connectivity index (χ0n) is 12.7. The number of nitrogens with one attached hydrogen (secondary N) is 1. The third-order valence-electron chi connectivity index (χ3n) is 3.28. The number of hydrogen-bond donors (Lipinski definition) is 1. The third-order valence-corrected chi connectivity index (χ3v) is 4.79. The van der Waals surface area contributed by atoms with E-state index in [0.717, 1.165) is 17.0 Å². The highest BCUT2D eigenvalue weighted by Gasteiger charge is 2.10. The van der Waals surface area contributed by atoms with Crippen LogP contribution >= 0.6 is 23.1 Å². The lowest BCUT2D eigenvalue weighted by molar-refractivity contribution is 0.102. The standard InChI is InChI=1S/C17H15N3OS2/c1-11-3-4-13(9-18-11)16(21)20-17-19-15(10-23-17)12-5-7-14(22-2)8-6-12/h3-10H,1-2H3,(H,19,20,21). The molecule has 4 nitrogen and oxygen atoms in total. The van der Waals surface area contributed by atoms with Gasteiger partial charge in [0.25, 0.3) is 5.91 Å². The summed E-state index contributed by atoms with van der Waals surface area (Å²) in [5, 5.41) is 5.34. The molecule has 0 unspecified atom stereocenters. The molecule has 0 aliphatic rings. The van der Waals surface area contributed by atoms with Crippen LogP contribution in [0.5, 0.6) is 0 Å². The number of nitrogens with zero attached hydrogens (tertiary/aromatic N) is 2. The maximum absolute atomic E-state index is 12.2. The van der Waals surface area contributed by atoms with Crippen LogP contribution in [0.4, 0.5) is 5.13 Å². The molecule has 0 bridgehead atoms. The minimum Gasteiger partial charge on any atom is -0.298 e. The predicted octanol–water partition coefficient (Wildman–Crippen LogP) is 4.49. The summed E-state index contributed by atoms with van der Waals surface area (Å²) in [6, 6.07) is 11.8. The van der Waals surface area contributed by atoms with Gasteiger partial charge in [-0.1, -0.05) is 12.1 Å². The Kier molecular flexibility index (Phi) is 4.73. The minimum atomic E-state index is -0.198. The van der Waals surface area contributed by atoms with Gasteiger partial charge in [-0.15, -0.1) is 23.1 Å². The van der Waals surface area contributed by atoms with Crippen molar-refractivity contribution in [2.45, 2.75) is 11.8 Å². The van der Waals surface area contributed by atoms with Crippen molar-refractivity contribution in [3.05, 3.63) is 59.2 Å². The second-order valence-corrected chi connectivity index (χ2v) is 6.65. The van der Waals surface area contributed by atoms with E-state index in [2.05, 4.69) is 27.4 Å². The first-order chi connectivity index (χ1) is 11.2. The number of thioether (sulfide) groups is 1. The van der Waals surface area contributed by atoms with Crippen LogP contribution in [0.2, 0.25) is 0 Å². The van der Waals surface area contributed by atoms with E-state index in [-0.39, 0.29) is 5.91 Å². The zero-order valence-corrected chi connectivity index (χ0v) is 14.4. The topological polar surface area (TPSA) is 54.9 Å². The predicted molar refractivity (Wildman–Crippen MR) is 96.3 cm³/mol. The van der Waals surface area contributed by atoms with Gasteiger partial charge in [-0.2, -0.15) is 0 Å². The molecule has 0 aliphatic heterocycles. The fourth-order valence-electron chi connectivity index (χ4n) is 2.00. The van der Waals surface area contributed by atoms with Crippen LogP contribution in [0.25, 0.3) is 11.3 Å². The number of thiazole rings is 1. The van der Waals surface area contributed by atoms with Crippen LogP contribution in [-0.4, -0.2) is 22.1 Å². The smallest absolute Gasteiger partial charge is 0.259 e. The van der Waals surface area contributed by atoms with Gasteiger partial charge < -0.3 is 0 Å². The SMILES string of the molecule is CSc1ccc(-c2csc(NC(=O)c3ccc(C)nc3)n2)cc1. The molecule has 0 aliphatic carbocycles. The van der Waals surface area contributed by atoms with E-state index in [1.54, 1.807) is 24.0 Å². The van der Waals surface area contributed by atoms with Gasteiger partial charge in [0.05, 0.1) is 11.3 Å². The summed E-state index contributed by atoms with van der Waals surface area (Å²) >= 11 is 3.12. The van der Waals surface area contributed by atoms with Gasteiger partial charge in [-0.25, -0.2) is 4.98 Å². The maximum Gasteiger partial charge on any atom is 0.259 e. The highest BCUT2D eigenvalue weighted by atomic mass is 32.2. The Hall–Kier alpha value is -2.18. The number of pyridine rings is 1. The molecule has 116 valence electrons. The first-order valence-electron chi connectivity index (χ1n) is 6.99. The average molecular weight is 341 g/mol. The van der Waals surface area contributed by atoms with Crippen LogP contribution in [0.1, 0.15) is 16.1 Å². The quantitative estimate of drug-likeness (QED) is 0.711. The number of anilines is 1. The molecule has 1 aromatic carbocycles. The number of benzene rings is 1. The summed E-state index contributed by atoms with van der Waals surface area (Å²) in [7, 11) is 0. The maximum atomic E-state index is 12.2. The van der Waals surface area contributed by atoms with Crippen LogP contribution in [0, 0.1) is 6.92 Å². The van der Waals surface area contributed by atoms with E-state index in [4.69, 9.17) is 0 Å². The first kappa shape index (κ1) is 15.7. The molecule has 3 aromatic rings. The van der Waals surface area contributed by atoms with Crippen molar-refractivity contribution in [2.75, 3.05) is 11.6 Å². The molecule has 2 heterocycles. The number of amides is 1. The van der Waals surface area contributed by atoms with Crippen molar-refractivity contribution in [3.63, 3.8) is 0 Å². The molecule has 6 heteroatoms. The van der Waals surface area contributed by atoms with Crippen LogP contribution in [0.3, 0.4) is 0 Å². The molecular formula is C17H15N3OS2. The van der Waals surface area contributed by atoms with E-state index in [9.17, 15) is 4.79 Å². The Labute approximate surface area is 143 Å². The number of rotatable bonds is 4. The van der Waals surface area contributed by atoms with Gasteiger partial charge in [0, 0.05) is 27.7 Å². The highest BCUT2D eigenvalue weighted by Crippen LogP contribution is 2.27. The summed E-state index contributed by atoms with van der Waals surface area (Å²) in [5.74, 6) is -0.198. The van der Waals surface area contributed by atoms with Gasteiger partial charge in [-0.05, 0) is 37.4 Å². The summed E-state index contributed by atoms with van der Waals surface area (Å²) in [4.78, 5) is 22.0. The minimum absolute atomic E-state index is 0.198. The lowest BCUT2D eigenvalue weighted by atomic mass is 10.2. The lowest BCUT2D eigenvalue weighted by Gasteiger charge is -2.02. The molecule has 0 fully saturated rings. The van der Waals surface area contributed by atoms with E-state index in [1.807, 2.05) is 36.8 Å². The monoisotopic (exact) mass is 341 g/mol. The molecule has 0 radical (unpaired) electrons. The molecule has 1 N–H and O–H groups in total. The molecule has 23 heavy (non-hydrogen) atoms. The Bertz CT molecular complexity index is 811. The average Bonchev–Trinajstić information content (AvgIpc) is 3.04. The van der Waals surface area contributed by atoms with Crippen molar-refractivity contribution in [1.82, 2.24) is 9.97 Å². The molecule has 0 spiro atoms. The Balaban J connectivity index is 1.73. The number of aromatic nitrogens is 2. The Morgan fingerprint density at radius 1 is 1.17 bits per heavy atom. The van der Waals surface area contributed by atoms with Gasteiger partial charge in [-0.3, -0.25) is 15.1 Å². The highest BCUT2D eigenvalue weighted by molar-refractivity contribution is 7.98. The summed E-state index contributed by atoms with van der Waals surface area (Å²) in [6.07, 6.45) is 3.62. The van der Waals surface area contributed by atoms with E-state index < -0.39 is 0 Å². The summed E-state index contributed by atoms with van der Waals surface area (Å²) in [6.45, 7) is 1.89. The first-order valence-corrected chi connectivity index (χ1v) is 9.10. The third kappa shape index (κ3) is 3.78. The van der Waals surface area contributed by atoms with E-state index in [1.165, 1.54) is 16.2 Å². The molecule has 0 saturated carbocycles. The van der Waals surface area contributed by atoms with Crippen LogP contribution < -0.4 is 5.32 Å². The number of aryl methyl sites for hydroxylation is 1. The van der Waals surface area contributed by atoms with Crippen molar-refractivity contribution in [2.24, 2.45) is 0 Å². The molecule has 0 saturated heterocycles. The van der Waals surface area contributed by atoms with Gasteiger partial charge in [0.15, 0.2) is 5.13 Å². The Morgan fingerprint density at radius 3 is 2.61 bits per heavy atom. The van der Waals surface area contributed by atoms with Crippen molar-refractivity contribution in [1.29, 1.82) is 0 Å². The molecular weight excluding hydrogens is 326 g/mol. The normalized spacial score (nSPS) is 10.5. The van der Waals surface area contributed by atoms with Gasteiger partial charge in [0.1, 0.15) is 0 Å². The second kappa shape index (κ2) is 6.93. The molecule has 1 amide bonds. The van der Waals surface area contributed by atoms with Crippen molar-refractivity contribution in [3.8, 4) is 11.3 Å². The van der Waals surface area contributed by atoms with Crippen LogP contribution in [-0.2, 0) is 0 Å². The molecule has 2 aromatic heterocycles. The largest absolute Gasteiger partial charge is 0.298 e. The molecule has 0 atom stereocenters. The van der Waals surface area contributed by atoms with Crippen molar-refractivity contribution >= 4 is 34.1 Å². The zero-order chi connectivity index (χ0) is 16.2. The number of carbonyl (C=O) groups excluding carboxylic acids is 1. The van der Waals surface area contributed by atoms with Gasteiger partial charge in [0.2, 0.25) is 0 Å². The van der Waals surface area contributed by atoms with E-state index >= 15 is 0 Å². The van der Waals surface area contributed by atoms with Crippen LogP contribution in [0.15, 0.2) is 52.9 Å². The molecule has 3 rings (SSSR count). The lowest BCUT2D eigenvalue weighted by Crippen LogP contribution is -2.12. The fraction of sp³-hybridized carbons (Fsp3) is 0.118. The van der Waals surface area contributed by atoms with Crippen molar-refractivity contribution < 1.29 is 4.79 Å². The second-order valence-electron chi connectivity index (χ2n) is 4.91. The van der Waals surface area contributed by atoms with E-state index in [0.29, 0.717) is 10.7 Å². The summed E-state index contributed by atoms with van der Waals surface area (Å²) in [5.41, 5.74) is 3.31. The number of hydrogen-bond acceptors (Lipinski definition) is 5. The summed E-state index contributed by atoms with van der Waals surface area (Å²) < 4.78 is 0. The Morgan fingerprint density at radius 2 is 1.96 bits per heavy atom. The number of carbonyl (C=O) groups is 1. The fourth-order valence-corrected chi connectivity index (χ4v) is 3.12.